The van der Waals surface area contributed by atoms with Crippen molar-refractivity contribution in [3.8, 4) is 0 Å². The first kappa shape index (κ1) is 15.8. The molecule has 0 aliphatic heterocycles. The monoisotopic (exact) mass is 294 g/mol. The molecular formula is C20H26Si. The van der Waals surface area contributed by atoms with Gasteiger partial charge in [0, 0.05) is 0 Å². The molecule has 0 bridgehead atoms. The highest BCUT2D eigenvalue weighted by molar-refractivity contribution is 6.75. The minimum atomic E-state index is -0.894. The highest BCUT2D eigenvalue weighted by atomic mass is 28.3. The third-order valence-corrected chi connectivity index (χ3v) is 8.23. The maximum absolute atomic E-state index is 4.25. The van der Waals surface area contributed by atoms with Crippen LogP contribution in [-0.4, -0.2) is 8.80 Å². The van der Waals surface area contributed by atoms with Crippen LogP contribution in [0.1, 0.15) is 38.8 Å². The lowest BCUT2D eigenvalue weighted by Gasteiger charge is -2.24. The third kappa shape index (κ3) is 3.73. The lowest BCUT2D eigenvalue weighted by atomic mass is 10.00. The molecule has 0 aromatic heterocycles. The van der Waals surface area contributed by atoms with Gasteiger partial charge in [-0.15, -0.1) is 0 Å². The Morgan fingerprint density at radius 2 is 1.24 bits per heavy atom. The van der Waals surface area contributed by atoms with Gasteiger partial charge < -0.3 is 0 Å². The minimum Gasteiger partial charge on any atom is -0.0906 e. The molecule has 2 rings (SSSR count). The molecule has 2 aromatic carbocycles. The van der Waals surface area contributed by atoms with Crippen molar-refractivity contribution in [1.29, 1.82) is 0 Å². The highest BCUT2D eigenvalue weighted by Crippen LogP contribution is 2.23. The van der Waals surface area contributed by atoms with E-state index >= 15 is 0 Å². The van der Waals surface area contributed by atoms with E-state index in [4.69, 9.17) is 0 Å². The molecule has 2 aromatic rings. The van der Waals surface area contributed by atoms with Gasteiger partial charge in [0.1, 0.15) is 0 Å². The van der Waals surface area contributed by atoms with Gasteiger partial charge in [0.05, 0.1) is 8.80 Å². The van der Waals surface area contributed by atoms with Crippen LogP contribution in [0.2, 0.25) is 11.1 Å². The van der Waals surface area contributed by atoms with Crippen molar-refractivity contribution in [2.24, 2.45) is 0 Å². The SMILES string of the molecule is C=C(c1ccccc1)c1ccc([SiH](C(C)C)C(C)C)cc1. The topological polar surface area (TPSA) is 0 Å². The van der Waals surface area contributed by atoms with Gasteiger partial charge in [0.25, 0.3) is 0 Å². The average Bonchev–Trinajstić information content (AvgIpc) is 2.47. The lowest BCUT2D eigenvalue weighted by molar-refractivity contribution is 0.951. The number of rotatable bonds is 5. The van der Waals surface area contributed by atoms with E-state index < -0.39 is 8.80 Å². The van der Waals surface area contributed by atoms with Crippen molar-refractivity contribution in [1.82, 2.24) is 0 Å². The molecule has 0 radical (unpaired) electrons. The smallest absolute Gasteiger partial charge is 0.0758 e. The molecule has 0 heterocycles. The Balaban J connectivity index is 2.25. The summed E-state index contributed by atoms with van der Waals surface area (Å²) in [4.78, 5) is 0. The van der Waals surface area contributed by atoms with Crippen LogP contribution < -0.4 is 5.19 Å². The predicted molar refractivity (Wildman–Crippen MR) is 98.0 cm³/mol. The fourth-order valence-electron chi connectivity index (χ4n) is 3.25. The van der Waals surface area contributed by atoms with Gasteiger partial charge >= 0.3 is 0 Å². The van der Waals surface area contributed by atoms with Gasteiger partial charge in [-0.05, 0) is 27.8 Å². The fourth-order valence-corrected chi connectivity index (χ4v) is 6.97. The Labute approximate surface area is 131 Å². The van der Waals surface area contributed by atoms with Gasteiger partial charge in [-0.2, -0.15) is 0 Å². The zero-order chi connectivity index (χ0) is 15.4. The predicted octanol–water partition coefficient (Wildman–Crippen LogP) is 5.00. The molecule has 1 heteroatoms. The van der Waals surface area contributed by atoms with E-state index in [2.05, 4.69) is 82.8 Å². The molecule has 0 unspecified atom stereocenters. The first-order chi connectivity index (χ1) is 10.0. The van der Waals surface area contributed by atoms with E-state index in [1.165, 1.54) is 11.1 Å². The molecule has 0 nitrogen and oxygen atoms in total. The van der Waals surface area contributed by atoms with Crippen molar-refractivity contribution >= 4 is 19.6 Å². The molecule has 110 valence electrons. The zero-order valence-electron chi connectivity index (χ0n) is 13.6. The second kappa shape index (κ2) is 6.90. The third-order valence-electron chi connectivity index (χ3n) is 4.20. The first-order valence-electron chi connectivity index (χ1n) is 7.85. The van der Waals surface area contributed by atoms with Gasteiger partial charge in [-0.3, -0.25) is 0 Å². The van der Waals surface area contributed by atoms with Crippen LogP contribution in [0.15, 0.2) is 61.2 Å². The Morgan fingerprint density at radius 3 is 1.71 bits per heavy atom. The molecule has 0 saturated carbocycles. The molecule has 0 spiro atoms. The van der Waals surface area contributed by atoms with Gasteiger partial charge in [-0.1, -0.05) is 94.1 Å². The number of hydrogen-bond donors (Lipinski definition) is 0. The summed E-state index contributed by atoms with van der Waals surface area (Å²) in [7, 11) is -0.894. The van der Waals surface area contributed by atoms with Crippen molar-refractivity contribution in [2.45, 2.75) is 38.8 Å². The normalized spacial score (nSPS) is 11.4. The Morgan fingerprint density at radius 1 is 0.762 bits per heavy atom. The van der Waals surface area contributed by atoms with E-state index in [0.29, 0.717) is 0 Å². The van der Waals surface area contributed by atoms with E-state index in [1.807, 2.05) is 6.07 Å². The maximum atomic E-state index is 4.25. The summed E-state index contributed by atoms with van der Waals surface area (Å²) in [6.07, 6.45) is 0. The van der Waals surface area contributed by atoms with E-state index in [9.17, 15) is 0 Å². The molecule has 0 N–H and O–H groups in total. The van der Waals surface area contributed by atoms with E-state index in [1.54, 1.807) is 5.19 Å². The van der Waals surface area contributed by atoms with Crippen LogP contribution in [0.25, 0.3) is 5.57 Å². The van der Waals surface area contributed by atoms with Crippen LogP contribution >= 0.6 is 0 Å². The molecule has 0 aliphatic carbocycles. The Hall–Kier alpha value is -1.60. The van der Waals surface area contributed by atoms with Crippen LogP contribution in [-0.2, 0) is 0 Å². The summed E-state index contributed by atoms with van der Waals surface area (Å²) < 4.78 is 0. The fraction of sp³-hybridized carbons (Fsp3) is 0.300. The summed E-state index contributed by atoms with van der Waals surface area (Å²) in [5.41, 5.74) is 5.13. The van der Waals surface area contributed by atoms with E-state index in [-0.39, 0.29) is 0 Å². The summed E-state index contributed by atoms with van der Waals surface area (Å²) >= 11 is 0. The van der Waals surface area contributed by atoms with Crippen molar-refractivity contribution in [3.63, 3.8) is 0 Å². The molecule has 0 amide bonds. The van der Waals surface area contributed by atoms with Crippen molar-refractivity contribution in [2.75, 3.05) is 0 Å². The van der Waals surface area contributed by atoms with Crippen molar-refractivity contribution < 1.29 is 0 Å². The largest absolute Gasteiger partial charge is 0.0906 e. The van der Waals surface area contributed by atoms with E-state index in [0.717, 1.165) is 16.7 Å². The van der Waals surface area contributed by atoms with Crippen LogP contribution in [0, 0.1) is 0 Å². The summed E-state index contributed by atoms with van der Waals surface area (Å²) in [6, 6.07) is 19.6. The second-order valence-electron chi connectivity index (χ2n) is 6.48. The molecule has 0 saturated heterocycles. The summed E-state index contributed by atoms with van der Waals surface area (Å²) in [5.74, 6) is 0. The Bertz CT molecular complexity index is 571. The average molecular weight is 295 g/mol. The quantitative estimate of drug-likeness (QED) is 0.681. The second-order valence-corrected chi connectivity index (χ2v) is 10.9. The Kier molecular flexibility index (Phi) is 5.19. The molecular weight excluding hydrogens is 268 g/mol. The minimum absolute atomic E-state index is 0.799. The highest BCUT2D eigenvalue weighted by Gasteiger charge is 2.21. The van der Waals surface area contributed by atoms with Gasteiger partial charge in [0.15, 0.2) is 0 Å². The van der Waals surface area contributed by atoms with Crippen LogP contribution in [0.5, 0.6) is 0 Å². The molecule has 21 heavy (non-hydrogen) atoms. The number of benzene rings is 2. The molecule has 0 fully saturated rings. The lowest BCUT2D eigenvalue weighted by Crippen LogP contribution is -2.35. The molecule has 0 atom stereocenters. The molecule has 0 aliphatic rings. The van der Waals surface area contributed by atoms with Crippen LogP contribution in [0.3, 0.4) is 0 Å². The summed E-state index contributed by atoms with van der Waals surface area (Å²) in [6.45, 7) is 13.7. The summed E-state index contributed by atoms with van der Waals surface area (Å²) in [5, 5.41) is 1.57. The van der Waals surface area contributed by atoms with Crippen LogP contribution in [0.4, 0.5) is 0 Å². The van der Waals surface area contributed by atoms with Crippen molar-refractivity contribution in [3.05, 3.63) is 72.3 Å². The standard InChI is InChI=1S/C20H26Si/c1-15(2)21(16(3)4)20-13-11-19(12-14-20)17(5)18-9-7-6-8-10-18/h6-16,21H,5H2,1-4H3. The zero-order valence-corrected chi connectivity index (χ0v) is 14.8. The number of hydrogen-bond acceptors (Lipinski definition) is 0. The van der Waals surface area contributed by atoms with Gasteiger partial charge in [0.2, 0.25) is 0 Å². The van der Waals surface area contributed by atoms with Gasteiger partial charge in [-0.25, -0.2) is 0 Å². The first-order valence-corrected chi connectivity index (χ1v) is 9.76. The maximum Gasteiger partial charge on any atom is 0.0758 e.